The van der Waals surface area contributed by atoms with Crippen LogP contribution in [0, 0.1) is 5.41 Å². The van der Waals surface area contributed by atoms with E-state index in [0.29, 0.717) is 0 Å². The van der Waals surface area contributed by atoms with E-state index >= 15 is 0 Å². The van der Waals surface area contributed by atoms with E-state index in [2.05, 4.69) is 15.9 Å². The molecule has 18 heavy (non-hydrogen) atoms. The van der Waals surface area contributed by atoms with Gasteiger partial charge in [0.1, 0.15) is 0 Å². The molecule has 0 amide bonds. The van der Waals surface area contributed by atoms with Gasteiger partial charge in [0.25, 0.3) is 0 Å². The zero-order valence-corrected chi connectivity index (χ0v) is 12.0. The topological polar surface area (TPSA) is 71.4 Å². The van der Waals surface area contributed by atoms with Crippen LogP contribution in [0.15, 0.2) is 28.7 Å². The molecule has 2 rings (SSSR count). The molecule has 0 bridgehead atoms. The average molecular weight is 333 g/mol. The Morgan fingerprint density at radius 1 is 1.44 bits per heavy atom. The number of halogens is 1. The molecule has 1 atom stereocenters. The molecule has 98 valence electrons. The molecule has 4 nitrogen and oxygen atoms in total. The summed E-state index contributed by atoms with van der Waals surface area (Å²) in [6.07, 6.45) is 0.443. The van der Waals surface area contributed by atoms with E-state index in [9.17, 15) is 18.3 Å². The fourth-order valence-corrected chi connectivity index (χ4v) is 4.84. The van der Waals surface area contributed by atoms with Gasteiger partial charge >= 0.3 is 5.97 Å². The summed E-state index contributed by atoms with van der Waals surface area (Å²) >= 11 is 3.32. The van der Waals surface area contributed by atoms with Crippen LogP contribution < -0.4 is 0 Å². The Balaban J connectivity index is 2.31. The van der Waals surface area contributed by atoms with Crippen LogP contribution >= 0.6 is 15.9 Å². The second kappa shape index (κ2) is 4.66. The lowest BCUT2D eigenvalue weighted by atomic mass is 9.81. The maximum atomic E-state index is 11.5. The van der Waals surface area contributed by atoms with Crippen LogP contribution in [-0.4, -0.2) is 31.0 Å². The third-order valence-corrected chi connectivity index (χ3v) is 5.58. The van der Waals surface area contributed by atoms with Gasteiger partial charge in [-0.05, 0) is 30.5 Å². The minimum atomic E-state index is -3.22. The molecule has 1 unspecified atom stereocenters. The molecule has 1 saturated heterocycles. The molecule has 1 aromatic rings. The van der Waals surface area contributed by atoms with Gasteiger partial charge in [-0.1, -0.05) is 28.1 Å². The monoisotopic (exact) mass is 332 g/mol. The molecule has 0 spiro atoms. The van der Waals surface area contributed by atoms with Gasteiger partial charge in [-0.2, -0.15) is 0 Å². The Morgan fingerprint density at radius 3 is 2.67 bits per heavy atom. The van der Waals surface area contributed by atoms with Gasteiger partial charge in [0.2, 0.25) is 0 Å². The smallest absolute Gasteiger partial charge is 0.311 e. The Hall–Kier alpha value is -0.880. The van der Waals surface area contributed by atoms with Crippen molar-refractivity contribution in [1.82, 2.24) is 0 Å². The van der Waals surface area contributed by atoms with E-state index in [1.807, 2.05) is 24.3 Å². The van der Waals surface area contributed by atoms with Gasteiger partial charge in [-0.3, -0.25) is 4.79 Å². The quantitative estimate of drug-likeness (QED) is 0.917. The lowest BCUT2D eigenvalue weighted by Crippen LogP contribution is -2.34. The molecule has 1 aliphatic heterocycles. The van der Waals surface area contributed by atoms with Crippen LogP contribution in [-0.2, 0) is 21.1 Å². The predicted molar refractivity (Wildman–Crippen MR) is 71.2 cm³/mol. The average Bonchev–Trinajstić information content (AvgIpc) is 2.55. The van der Waals surface area contributed by atoms with Crippen LogP contribution in [0.5, 0.6) is 0 Å². The second-order valence-corrected chi connectivity index (χ2v) is 7.83. The first-order chi connectivity index (χ1) is 8.33. The fraction of sp³-hybridized carbons (Fsp3) is 0.417. The highest BCUT2D eigenvalue weighted by Crippen LogP contribution is 2.36. The van der Waals surface area contributed by atoms with Crippen molar-refractivity contribution >= 4 is 31.7 Å². The molecule has 0 radical (unpaired) electrons. The molecule has 0 saturated carbocycles. The molecule has 6 heteroatoms. The van der Waals surface area contributed by atoms with Crippen LogP contribution in [0.2, 0.25) is 0 Å². The van der Waals surface area contributed by atoms with Crippen LogP contribution in [0.4, 0.5) is 0 Å². The summed E-state index contributed by atoms with van der Waals surface area (Å²) < 4.78 is 23.9. The number of aliphatic carboxylic acids is 1. The number of rotatable bonds is 3. The van der Waals surface area contributed by atoms with E-state index in [1.165, 1.54) is 0 Å². The number of hydrogen-bond donors (Lipinski definition) is 1. The summed E-state index contributed by atoms with van der Waals surface area (Å²) in [5.41, 5.74) is -0.330. The van der Waals surface area contributed by atoms with E-state index in [4.69, 9.17) is 0 Å². The zero-order chi connectivity index (χ0) is 13.4. The van der Waals surface area contributed by atoms with Crippen molar-refractivity contribution in [2.24, 2.45) is 5.41 Å². The molecule has 1 N–H and O–H groups in total. The van der Waals surface area contributed by atoms with Crippen molar-refractivity contribution in [3.05, 3.63) is 34.3 Å². The first kappa shape index (κ1) is 13.5. The molecule has 1 heterocycles. The van der Waals surface area contributed by atoms with E-state index < -0.39 is 21.2 Å². The Bertz CT molecular complexity index is 581. The second-order valence-electron chi connectivity index (χ2n) is 4.73. The summed E-state index contributed by atoms with van der Waals surface area (Å²) in [4.78, 5) is 11.4. The summed E-state index contributed by atoms with van der Waals surface area (Å²) in [7, 11) is -3.22. The Kier molecular flexibility index (Phi) is 3.51. The SMILES string of the molecule is O=C(O)C1(Cc2cccc(Br)c2)CCS(=O)(=O)C1. The number of carbonyl (C=O) groups is 1. The van der Waals surface area contributed by atoms with Crippen molar-refractivity contribution in [1.29, 1.82) is 0 Å². The highest BCUT2D eigenvalue weighted by atomic mass is 79.9. The number of carboxylic acid groups (broad SMARTS) is 1. The van der Waals surface area contributed by atoms with Crippen molar-refractivity contribution in [3.63, 3.8) is 0 Å². The molecule has 0 aromatic heterocycles. The van der Waals surface area contributed by atoms with Gasteiger partial charge in [0.15, 0.2) is 9.84 Å². The third-order valence-electron chi connectivity index (χ3n) is 3.27. The molecular weight excluding hydrogens is 320 g/mol. The predicted octanol–water partition coefficient (Wildman–Crippen LogP) is 1.88. The summed E-state index contributed by atoms with van der Waals surface area (Å²) in [6.45, 7) is 0. The minimum Gasteiger partial charge on any atom is -0.481 e. The molecule has 1 fully saturated rings. The molecule has 1 aromatic carbocycles. The van der Waals surface area contributed by atoms with Gasteiger partial charge in [0, 0.05) is 4.47 Å². The van der Waals surface area contributed by atoms with Crippen molar-refractivity contribution in [3.8, 4) is 0 Å². The number of hydrogen-bond acceptors (Lipinski definition) is 3. The van der Waals surface area contributed by atoms with Gasteiger partial charge < -0.3 is 5.11 Å². The number of benzene rings is 1. The summed E-state index contributed by atoms with van der Waals surface area (Å²) in [6, 6.07) is 7.32. The minimum absolute atomic E-state index is 0.0344. The lowest BCUT2D eigenvalue weighted by molar-refractivity contribution is -0.147. The lowest BCUT2D eigenvalue weighted by Gasteiger charge is -2.22. The van der Waals surface area contributed by atoms with E-state index in [0.717, 1.165) is 10.0 Å². The summed E-state index contributed by atoms with van der Waals surface area (Å²) in [5.74, 6) is -1.32. The standard InChI is InChI=1S/C12H13BrO4S/c13-10-3-1-2-9(6-10)7-12(11(14)15)4-5-18(16,17)8-12/h1-3,6H,4-5,7-8H2,(H,14,15). The maximum Gasteiger partial charge on any atom is 0.311 e. The molecule has 1 aliphatic rings. The van der Waals surface area contributed by atoms with E-state index in [1.54, 1.807) is 0 Å². The first-order valence-electron chi connectivity index (χ1n) is 5.51. The highest BCUT2D eigenvalue weighted by Gasteiger charge is 2.48. The third kappa shape index (κ3) is 2.75. The highest BCUT2D eigenvalue weighted by molar-refractivity contribution is 9.10. The normalized spacial score (nSPS) is 26.1. The van der Waals surface area contributed by atoms with Crippen molar-refractivity contribution in [2.75, 3.05) is 11.5 Å². The van der Waals surface area contributed by atoms with Crippen LogP contribution in [0.25, 0.3) is 0 Å². The molecule has 0 aliphatic carbocycles. The number of sulfone groups is 1. The van der Waals surface area contributed by atoms with Crippen LogP contribution in [0.1, 0.15) is 12.0 Å². The maximum absolute atomic E-state index is 11.5. The Morgan fingerprint density at radius 2 is 2.17 bits per heavy atom. The van der Waals surface area contributed by atoms with Gasteiger partial charge in [-0.25, -0.2) is 8.42 Å². The summed E-state index contributed by atoms with van der Waals surface area (Å²) in [5, 5.41) is 9.35. The zero-order valence-electron chi connectivity index (χ0n) is 9.60. The Labute approximate surface area is 114 Å². The van der Waals surface area contributed by atoms with Gasteiger partial charge in [-0.15, -0.1) is 0 Å². The van der Waals surface area contributed by atoms with Gasteiger partial charge in [0.05, 0.1) is 16.9 Å². The number of carboxylic acids is 1. The van der Waals surface area contributed by atoms with Crippen molar-refractivity contribution in [2.45, 2.75) is 12.8 Å². The largest absolute Gasteiger partial charge is 0.481 e. The van der Waals surface area contributed by atoms with Crippen LogP contribution in [0.3, 0.4) is 0 Å². The van der Waals surface area contributed by atoms with Crippen molar-refractivity contribution < 1.29 is 18.3 Å². The van der Waals surface area contributed by atoms with E-state index in [-0.39, 0.29) is 24.3 Å². The fourth-order valence-electron chi connectivity index (χ4n) is 2.34. The molecular formula is C12H13BrO4S. The first-order valence-corrected chi connectivity index (χ1v) is 8.13.